The lowest BCUT2D eigenvalue weighted by Gasteiger charge is -2.25. The van der Waals surface area contributed by atoms with Crippen LogP contribution < -0.4 is 10.4 Å². The molecule has 0 spiro atoms. The summed E-state index contributed by atoms with van der Waals surface area (Å²) in [7, 11) is 0. The maximum Gasteiger partial charge on any atom is 0.416 e. The van der Waals surface area contributed by atoms with E-state index in [1.165, 1.54) is 12.1 Å². The van der Waals surface area contributed by atoms with E-state index >= 15 is 0 Å². The number of benzene rings is 2. The molecule has 0 radical (unpaired) electrons. The number of aliphatic carboxylic acids is 1. The number of carboxylic acids is 1. The predicted octanol–water partition coefficient (Wildman–Crippen LogP) is 3.83. The summed E-state index contributed by atoms with van der Waals surface area (Å²) >= 11 is 0. The van der Waals surface area contributed by atoms with Gasteiger partial charge in [0.25, 0.3) is 0 Å². The normalized spacial score (nSPS) is 11.0. The Morgan fingerprint density at radius 1 is 1.07 bits per heavy atom. The second-order valence-corrected chi connectivity index (χ2v) is 5.64. The number of nitro benzene ring substituents is 2. The largest absolute Gasteiger partial charge is 0.481 e. The zero-order valence-electron chi connectivity index (χ0n) is 14.4. The van der Waals surface area contributed by atoms with Gasteiger partial charge < -0.3 is 5.11 Å². The van der Waals surface area contributed by atoms with Gasteiger partial charge in [-0.2, -0.15) is 13.2 Å². The lowest BCUT2D eigenvalue weighted by atomic mass is 10.1. The molecule has 2 N–H and O–H groups in total. The van der Waals surface area contributed by atoms with Crippen molar-refractivity contribution in [1.29, 1.82) is 0 Å². The zero-order chi connectivity index (χ0) is 21.8. The second-order valence-electron chi connectivity index (χ2n) is 5.64. The number of carbonyl (C=O) groups is 1. The Balaban J connectivity index is 2.61. The highest BCUT2D eigenvalue weighted by Gasteiger charge is 2.38. The molecule has 0 unspecified atom stereocenters. The highest BCUT2D eigenvalue weighted by Crippen LogP contribution is 2.41. The van der Waals surface area contributed by atoms with Crippen molar-refractivity contribution < 1.29 is 32.9 Å². The number of halogens is 3. The fraction of sp³-hybridized carbons (Fsp3) is 0.188. The van der Waals surface area contributed by atoms with E-state index in [0.717, 1.165) is 5.01 Å². The van der Waals surface area contributed by atoms with Crippen LogP contribution in [0.25, 0.3) is 0 Å². The number of alkyl halides is 3. The molecule has 2 rings (SSSR count). The van der Waals surface area contributed by atoms with E-state index in [-0.39, 0.29) is 24.4 Å². The summed E-state index contributed by atoms with van der Waals surface area (Å²) in [5.41, 5.74) is -2.08. The fourth-order valence-electron chi connectivity index (χ4n) is 2.38. The molecule has 0 fully saturated rings. The van der Waals surface area contributed by atoms with Crippen LogP contribution >= 0.6 is 0 Å². The number of carboxylic acid groups (broad SMARTS) is 1. The van der Waals surface area contributed by atoms with Crippen LogP contribution in [0.3, 0.4) is 0 Å². The van der Waals surface area contributed by atoms with Gasteiger partial charge in [0.05, 0.1) is 27.5 Å². The van der Waals surface area contributed by atoms with Crippen molar-refractivity contribution in [2.45, 2.75) is 12.6 Å². The Morgan fingerprint density at radius 3 is 2.00 bits per heavy atom. The minimum absolute atomic E-state index is 0.176. The van der Waals surface area contributed by atoms with Crippen molar-refractivity contribution in [2.24, 2.45) is 0 Å². The van der Waals surface area contributed by atoms with Gasteiger partial charge in [-0.25, -0.2) is 0 Å². The molecule has 0 aromatic heterocycles. The van der Waals surface area contributed by atoms with Crippen molar-refractivity contribution in [3.8, 4) is 0 Å². The number of hydrogen-bond donors (Lipinski definition) is 2. The van der Waals surface area contributed by atoms with Crippen LogP contribution in [-0.2, 0) is 11.0 Å². The van der Waals surface area contributed by atoms with Crippen molar-refractivity contribution in [1.82, 2.24) is 0 Å². The van der Waals surface area contributed by atoms with Gasteiger partial charge in [0.2, 0.25) is 5.69 Å². The van der Waals surface area contributed by atoms with Crippen LogP contribution in [0.2, 0.25) is 0 Å². The van der Waals surface area contributed by atoms with Gasteiger partial charge in [0, 0.05) is 18.7 Å². The standard InChI is InChI=1S/C16H13F3N4O6/c17-16(18,19)10-8-12(22(26)27)15(13(9-10)23(28)29)20-21(7-6-14(24)25)11-4-2-1-3-5-11/h1-5,8-9,20H,6-7H2,(H,24,25). The minimum Gasteiger partial charge on any atom is -0.481 e. The number of nitrogens with zero attached hydrogens (tertiary/aromatic N) is 3. The van der Waals surface area contributed by atoms with Crippen LogP contribution in [0.15, 0.2) is 42.5 Å². The first-order valence-electron chi connectivity index (χ1n) is 7.85. The SMILES string of the molecule is O=C(O)CCN(Nc1c([N+](=O)[O-])cc(C(F)(F)F)cc1[N+](=O)[O-])c1ccccc1. The highest BCUT2D eigenvalue weighted by molar-refractivity contribution is 5.77. The van der Waals surface area contributed by atoms with Gasteiger partial charge in [-0.3, -0.25) is 35.5 Å². The number of nitrogens with one attached hydrogen (secondary N) is 1. The molecule has 0 saturated carbocycles. The van der Waals surface area contributed by atoms with E-state index < -0.39 is 51.0 Å². The first-order valence-corrected chi connectivity index (χ1v) is 7.85. The highest BCUT2D eigenvalue weighted by atomic mass is 19.4. The Labute approximate surface area is 160 Å². The summed E-state index contributed by atoms with van der Waals surface area (Å²) in [6, 6.07) is 8.06. The number of anilines is 2. The molecular formula is C16H13F3N4O6. The monoisotopic (exact) mass is 414 g/mol. The first-order chi connectivity index (χ1) is 13.5. The molecule has 0 aliphatic carbocycles. The van der Waals surface area contributed by atoms with Gasteiger partial charge >= 0.3 is 23.5 Å². The number of hydrogen-bond acceptors (Lipinski definition) is 7. The summed E-state index contributed by atoms with van der Waals surface area (Å²) < 4.78 is 39.0. The lowest BCUT2D eigenvalue weighted by Crippen LogP contribution is -2.32. The molecule has 29 heavy (non-hydrogen) atoms. The third-order valence-corrected chi connectivity index (χ3v) is 3.68. The summed E-state index contributed by atoms with van der Waals surface area (Å²) in [6.45, 7) is -0.283. The van der Waals surface area contributed by atoms with E-state index in [1.54, 1.807) is 18.2 Å². The quantitative estimate of drug-likeness (QED) is 0.491. The molecule has 0 bridgehead atoms. The van der Waals surface area contributed by atoms with E-state index in [0.29, 0.717) is 0 Å². The molecule has 0 aliphatic rings. The lowest BCUT2D eigenvalue weighted by molar-refractivity contribution is -0.392. The molecule has 0 atom stereocenters. The summed E-state index contributed by atoms with van der Waals surface area (Å²) in [5, 5.41) is 32.6. The van der Waals surface area contributed by atoms with E-state index in [9.17, 15) is 38.2 Å². The molecule has 13 heteroatoms. The second kappa shape index (κ2) is 8.41. The average molecular weight is 414 g/mol. The summed E-state index contributed by atoms with van der Waals surface area (Å²) in [5.74, 6) is -1.22. The maximum atomic E-state index is 13.0. The Hall–Kier alpha value is -3.90. The molecule has 2 aromatic rings. The number of para-hydroxylation sites is 1. The predicted molar refractivity (Wildman–Crippen MR) is 94.4 cm³/mol. The third kappa shape index (κ3) is 5.31. The fourth-order valence-corrected chi connectivity index (χ4v) is 2.38. The van der Waals surface area contributed by atoms with Crippen LogP contribution in [0.4, 0.5) is 35.9 Å². The number of rotatable bonds is 8. The molecule has 154 valence electrons. The average Bonchev–Trinajstić information content (AvgIpc) is 2.64. The molecule has 0 amide bonds. The van der Waals surface area contributed by atoms with Crippen molar-refractivity contribution >= 4 is 28.7 Å². The molecule has 0 saturated heterocycles. The van der Waals surface area contributed by atoms with E-state index in [1.807, 2.05) is 0 Å². The Kier molecular flexibility index (Phi) is 6.21. The minimum atomic E-state index is -5.05. The van der Waals surface area contributed by atoms with Crippen molar-refractivity contribution in [3.63, 3.8) is 0 Å². The van der Waals surface area contributed by atoms with Crippen molar-refractivity contribution in [3.05, 3.63) is 68.3 Å². The van der Waals surface area contributed by atoms with E-state index in [2.05, 4.69) is 5.43 Å². The number of hydrazine groups is 1. The van der Waals surface area contributed by atoms with Gasteiger partial charge in [0.1, 0.15) is 0 Å². The molecular weight excluding hydrogens is 401 g/mol. The molecule has 2 aromatic carbocycles. The Morgan fingerprint density at radius 2 is 1.59 bits per heavy atom. The third-order valence-electron chi connectivity index (χ3n) is 3.68. The molecule has 0 heterocycles. The van der Waals surface area contributed by atoms with E-state index in [4.69, 9.17) is 5.11 Å². The summed E-state index contributed by atoms with van der Waals surface area (Å²) in [6.07, 6.45) is -5.50. The first kappa shape index (κ1) is 21.4. The topological polar surface area (TPSA) is 139 Å². The molecule has 10 nitrogen and oxygen atoms in total. The summed E-state index contributed by atoms with van der Waals surface area (Å²) in [4.78, 5) is 31.2. The van der Waals surface area contributed by atoms with Gasteiger partial charge in [0.15, 0.2) is 0 Å². The van der Waals surface area contributed by atoms with Crippen molar-refractivity contribution in [2.75, 3.05) is 17.0 Å². The van der Waals surface area contributed by atoms with Gasteiger partial charge in [-0.15, -0.1) is 0 Å². The van der Waals surface area contributed by atoms with Crippen LogP contribution in [0.1, 0.15) is 12.0 Å². The maximum absolute atomic E-state index is 13.0. The van der Waals surface area contributed by atoms with Gasteiger partial charge in [-0.1, -0.05) is 18.2 Å². The number of nitro groups is 2. The van der Waals surface area contributed by atoms with Gasteiger partial charge in [-0.05, 0) is 12.1 Å². The van der Waals surface area contributed by atoms with Crippen LogP contribution in [-0.4, -0.2) is 27.5 Å². The van der Waals surface area contributed by atoms with Crippen LogP contribution in [0, 0.1) is 20.2 Å². The zero-order valence-corrected chi connectivity index (χ0v) is 14.4. The smallest absolute Gasteiger partial charge is 0.416 e. The van der Waals surface area contributed by atoms with Crippen LogP contribution in [0.5, 0.6) is 0 Å². The Bertz CT molecular complexity index is 901. The molecule has 0 aliphatic heterocycles.